The Morgan fingerprint density at radius 3 is 1.18 bits per heavy atom. The molecule has 0 aliphatic rings. The zero-order valence-electron chi connectivity index (χ0n) is 39.3. The van der Waals surface area contributed by atoms with Gasteiger partial charge in [0.05, 0.1) is 0 Å². The minimum atomic E-state index is -0.502. The standard InChI is InChI=1S/C58H66O4/c1-15-45-21-25-50(26-22-45)59-55-43(13)35-52(36-44(55)14)60-54-39(9)29-47(30-40(54)10)48-31-41(11)56(42(12)32-48)62-57(17-3,18-4)49-33-37(7)53(38(8)34-49)58(19-5,20-6)61-51-27-23-46(16-2)24-28-51/h15-16,21-36H,1-2,17-20H2,3-14H3. The third kappa shape index (κ3) is 9.26. The van der Waals surface area contributed by atoms with Gasteiger partial charge >= 0.3 is 0 Å². The van der Waals surface area contributed by atoms with E-state index in [2.05, 4.69) is 157 Å². The number of benzene rings is 6. The molecule has 322 valence electrons. The van der Waals surface area contributed by atoms with Gasteiger partial charge in [0.25, 0.3) is 0 Å². The van der Waals surface area contributed by atoms with E-state index in [0.29, 0.717) is 0 Å². The molecule has 6 rings (SSSR count). The first kappa shape index (κ1) is 45.5. The number of aryl methyl sites for hydroxylation is 8. The number of hydrogen-bond acceptors (Lipinski definition) is 4. The number of ether oxygens (including phenoxy) is 4. The Labute approximate surface area is 372 Å². The highest BCUT2D eigenvalue weighted by atomic mass is 16.5. The van der Waals surface area contributed by atoms with Gasteiger partial charge in [0.15, 0.2) is 0 Å². The fourth-order valence-electron chi connectivity index (χ4n) is 9.29. The van der Waals surface area contributed by atoms with Crippen molar-refractivity contribution < 1.29 is 18.9 Å². The van der Waals surface area contributed by atoms with E-state index >= 15 is 0 Å². The van der Waals surface area contributed by atoms with Crippen LogP contribution in [0.15, 0.2) is 110 Å². The van der Waals surface area contributed by atoms with Crippen LogP contribution in [0, 0.1) is 55.4 Å². The van der Waals surface area contributed by atoms with Gasteiger partial charge in [-0.2, -0.15) is 0 Å². The monoisotopic (exact) mass is 826 g/mol. The van der Waals surface area contributed by atoms with E-state index in [0.717, 1.165) is 116 Å². The highest BCUT2D eigenvalue weighted by Crippen LogP contribution is 2.45. The molecule has 62 heavy (non-hydrogen) atoms. The van der Waals surface area contributed by atoms with Crippen LogP contribution in [0.4, 0.5) is 0 Å². The van der Waals surface area contributed by atoms with E-state index in [4.69, 9.17) is 18.9 Å². The Balaban J connectivity index is 1.25. The van der Waals surface area contributed by atoms with Crippen molar-refractivity contribution in [3.05, 3.63) is 177 Å². The molecule has 0 atom stereocenters. The SMILES string of the molecule is C=Cc1ccc(Oc2c(C)cc(Oc3c(C)cc(-c4cc(C)c(OC(CC)(CC)c5cc(C)c(C(CC)(CC)Oc6ccc(C=C)cc6)c(C)c5)c(C)c4)cc3C)cc2C)cc1. The van der Waals surface area contributed by atoms with Crippen LogP contribution >= 0.6 is 0 Å². The molecular formula is C58H66O4. The molecular weight excluding hydrogens is 761 g/mol. The molecule has 4 heteroatoms. The van der Waals surface area contributed by atoms with Gasteiger partial charge in [-0.3, -0.25) is 0 Å². The summed E-state index contributed by atoms with van der Waals surface area (Å²) in [6.45, 7) is 33.8. The minimum absolute atomic E-state index is 0.451. The number of hydrogen-bond donors (Lipinski definition) is 0. The highest BCUT2D eigenvalue weighted by molar-refractivity contribution is 5.71. The lowest BCUT2D eigenvalue weighted by Crippen LogP contribution is -2.35. The van der Waals surface area contributed by atoms with Crippen molar-refractivity contribution in [1.29, 1.82) is 0 Å². The summed E-state index contributed by atoms with van der Waals surface area (Å²) in [5.41, 5.74) is 14.8. The first-order valence-electron chi connectivity index (χ1n) is 22.3. The third-order valence-electron chi connectivity index (χ3n) is 12.8. The second-order valence-corrected chi connectivity index (χ2v) is 17.1. The van der Waals surface area contributed by atoms with Crippen LogP contribution in [0.2, 0.25) is 0 Å². The van der Waals surface area contributed by atoms with Crippen molar-refractivity contribution in [1.82, 2.24) is 0 Å². The molecule has 0 saturated heterocycles. The zero-order valence-corrected chi connectivity index (χ0v) is 39.3. The minimum Gasteiger partial charge on any atom is -0.483 e. The van der Waals surface area contributed by atoms with Gasteiger partial charge in [-0.25, -0.2) is 0 Å². The van der Waals surface area contributed by atoms with Gasteiger partial charge in [-0.15, -0.1) is 0 Å². The Kier molecular flexibility index (Phi) is 13.9. The van der Waals surface area contributed by atoms with Crippen molar-refractivity contribution in [2.45, 2.75) is 120 Å². The predicted octanol–water partition coefficient (Wildman–Crippen LogP) is 16.9. The summed E-state index contributed by atoms with van der Waals surface area (Å²) in [7, 11) is 0. The summed E-state index contributed by atoms with van der Waals surface area (Å²) < 4.78 is 27.1. The number of rotatable bonds is 17. The molecule has 0 unspecified atom stereocenters. The summed E-state index contributed by atoms with van der Waals surface area (Å²) in [5.74, 6) is 5.10. The molecule has 0 fully saturated rings. The fourth-order valence-corrected chi connectivity index (χ4v) is 9.29. The van der Waals surface area contributed by atoms with Gasteiger partial charge in [-0.1, -0.05) is 89.4 Å². The summed E-state index contributed by atoms with van der Waals surface area (Å²) in [5, 5.41) is 0. The average molecular weight is 827 g/mol. The molecule has 0 heterocycles. The van der Waals surface area contributed by atoms with E-state index in [9.17, 15) is 0 Å². The van der Waals surface area contributed by atoms with Crippen LogP contribution in [0.25, 0.3) is 23.3 Å². The predicted molar refractivity (Wildman–Crippen MR) is 262 cm³/mol. The van der Waals surface area contributed by atoms with Gasteiger partial charge in [-0.05, 0) is 214 Å². The molecule has 0 amide bonds. The Bertz CT molecular complexity index is 2470. The summed E-state index contributed by atoms with van der Waals surface area (Å²) in [4.78, 5) is 0. The van der Waals surface area contributed by atoms with Gasteiger partial charge < -0.3 is 18.9 Å². The van der Waals surface area contributed by atoms with Gasteiger partial charge in [0, 0.05) is 5.56 Å². The molecule has 0 radical (unpaired) electrons. The Morgan fingerprint density at radius 2 is 0.774 bits per heavy atom. The second-order valence-electron chi connectivity index (χ2n) is 17.1. The van der Waals surface area contributed by atoms with E-state index in [1.165, 1.54) is 22.3 Å². The smallest absolute Gasteiger partial charge is 0.134 e. The summed E-state index contributed by atoms with van der Waals surface area (Å²) >= 11 is 0. The molecule has 0 saturated carbocycles. The zero-order chi connectivity index (χ0) is 44.9. The largest absolute Gasteiger partial charge is 0.483 e. The van der Waals surface area contributed by atoms with E-state index < -0.39 is 11.2 Å². The van der Waals surface area contributed by atoms with Gasteiger partial charge in [0.1, 0.15) is 45.7 Å². The van der Waals surface area contributed by atoms with Crippen molar-refractivity contribution >= 4 is 12.2 Å². The van der Waals surface area contributed by atoms with Crippen LogP contribution in [-0.2, 0) is 11.2 Å². The lowest BCUT2D eigenvalue weighted by atomic mass is 9.78. The van der Waals surface area contributed by atoms with Gasteiger partial charge in [0.2, 0.25) is 0 Å². The first-order valence-corrected chi connectivity index (χ1v) is 22.3. The molecule has 0 aliphatic carbocycles. The summed E-state index contributed by atoms with van der Waals surface area (Å²) in [6, 6.07) is 33.9. The topological polar surface area (TPSA) is 36.9 Å². The lowest BCUT2D eigenvalue weighted by molar-refractivity contribution is 0.0518. The van der Waals surface area contributed by atoms with E-state index in [1.807, 2.05) is 48.6 Å². The van der Waals surface area contributed by atoms with Crippen molar-refractivity contribution in [3.8, 4) is 45.6 Å². The molecule has 0 N–H and O–H groups in total. The van der Waals surface area contributed by atoms with Crippen LogP contribution in [-0.4, -0.2) is 0 Å². The summed E-state index contributed by atoms with van der Waals surface area (Å²) in [6.07, 6.45) is 7.06. The maximum atomic E-state index is 7.28. The first-order chi connectivity index (χ1) is 29.6. The lowest BCUT2D eigenvalue weighted by Gasteiger charge is -2.39. The molecule has 0 aliphatic heterocycles. The third-order valence-corrected chi connectivity index (χ3v) is 12.8. The molecule has 6 aromatic carbocycles. The fraction of sp³-hybridized carbons (Fsp3) is 0.310. The molecule has 0 bridgehead atoms. The second kappa shape index (κ2) is 18.9. The van der Waals surface area contributed by atoms with Crippen molar-refractivity contribution in [2.75, 3.05) is 0 Å². The Morgan fingerprint density at radius 1 is 0.403 bits per heavy atom. The molecule has 4 nitrogen and oxygen atoms in total. The van der Waals surface area contributed by atoms with E-state index in [1.54, 1.807) is 0 Å². The van der Waals surface area contributed by atoms with Crippen LogP contribution in [0.1, 0.15) is 120 Å². The van der Waals surface area contributed by atoms with Crippen molar-refractivity contribution in [3.63, 3.8) is 0 Å². The normalized spacial score (nSPS) is 11.6. The molecule has 6 aromatic rings. The molecule has 0 aromatic heterocycles. The maximum absolute atomic E-state index is 7.28. The molecule has 0 spiro atoms. The highest BCUT2D eigenvalue weighted by Gasteiger charge is 2.38. The quantitative estimate of drug-likeness (QED) is 0.0918. The average Bonchev–Trinajstić information content (AvgIpc) is 3.26. The maximum Gasteiger partial charge on any atom is 0.134 e. The van der Waals surface area contributed by atoms with Crippen LogP contribution in [0.3, 0.4) is 0 Å². The van der Waals surface area contributed by atoms with Crippen molar-refractivity contribution in [2.24, 2.45) is 0 Å². The van der Waals surface area contributed by atoms with E-state index in [-0.39, 0.29) is 0 Å². The van der Waals surface area contributed by atoms with Crippen LogP contribution in [0.5, 0.6) is 34.5 Å². The Hall–Kier alpha value is -6.00. The van der Waals surface area contributed by atoms with Crippen LogP contribution < -0.4 is 18.9 Å².